The van der Waals surface area contributed by atoms with E-state index in [1.54, 1.807) is 4.90 Å². The van der Waals surface area contributed by atoms with E-state index in [4.69, 9.17) is 0 Å². The molecule has 1 aliphatic rings. The van der Waals surface area contributed by atoms with Crippen LogP contribution in [0, 0.1) is 0 Å². The molecule has 1 saturated heterocycles. The zero-order valence-electron chi connectivity index (χ0n) is 18.0. The molecular formula is C24H22F3N3O3S. The quantitative estimate of drug-likeness (QED) is 0.574. The Morgan fingerprint density at radius 3 is 2.09 bits per heavy atom. The number of para-hydroxylation sites is 1. The van der Waals surface area contributed by atoms with Crippen LogP contribution >= 0.6 is 0 Å². The summed E-state index contributed by atoms with van der Waals surface area (Å²) in [5.74, 6) is -0.206. The van der Waals surface area contributed by atoms with Crippen LogP contribution in [0.15, 0.2) is 83.8 Å². The Kier molecular flexibility index (Phi) is 6.52. The molecule has 3 aromatic carbocycles. The number of halogens is 3. The monoisotopic (exact) mass is 489 g/mol. The van der Waals surface area contributed by atoms with Crippen molar-refractivity contribution in [2.45, 2.75) is 11.1 Å². The third-order valence-corrected chi connectivity index (χ3v) is 6.94. The fourth-order valence-electron chi connectivity index (χ4n) is 3.74. The molecule has 1 heterocycles. The van der Waals surface area contributed by atoms with Gasteiger partial charge in [-0.1, -0.05) is 24.3 Å². The van der Waals surface area contributed by atoms with Crippen molar-refractivity contribution < 1.29 is 26.4 Å². The first-order chi connectivity index (χ1) is 16.1. The number of sulfonamides is 1. The van der Waals surface area contributed by atoms with Crippen LogP contribution in [0.1, 0.15) is 15.9 Å². The molecule has 0 bridgehead atoms. The number of amides is 1. The van der Waals surface area contributed by atoms with E-state index in [1.165, 1.54) is 30.3 Å². The van der Waals surface area contributed by atoms with Gasteiger partial charge < -0.3 is 9.80 Å². The molecule has 178 valence electrons. The topological polar surface area (TPSA) is 69.7 Å². The van der Waals surface area contributed by atoms with Gasteiger partial charge in [0.1, 0.15) is 0 Å². The summed E-state index contributed by atoms with van der Waals surface area (Å²) in [7, 11) is -4.13. The smallest absolute Gasteiger partial charge is 0.368 e. The largest absolute Gasteiger partial charge is 0.416 e. The SMILES string of the molecule is O=C(c1ccc(S(=O)(=O)Nc2cccc(C(F)(F)F)c2)cc1)N1CCN(c2ccccc2)CC1. The molecule has 1 N–H and O–H groups in total. The number of nitrogens with one attached hydrogen (secondary N) is 1. The van der Waals surface area contributed by atoms with Crippen molar-refractivity contribution in [3.8, 4) is 0 Å². The van der Waals surface area contributed by atoms with Gasteiger partial charge in [-0.05, 0) is 54.6 Å². The van der Waals surface area contributed by atoms with Gasteiger partial charge in [-0.3, -0.25) is 9.52 Å². The lowest BCUT2D eigenvalue weighted by Crippen LogP contribution is -2.48. The van der Waals surface area contributed by atoms with Crippen molar-refractivity contribution in [2.24, 2.45) is 0 Å². The van der Waals surface area contributed by atoms with Crippen molar-refractivity contribution in [3.05, 3.63) is 90.0 Å². The van der Waals surface area contributed by atoms with Crippen LogP contribution in [0.25, 0.3) is 0 Å². The number of alkyl halides is 3. The molecule has 3 aromatic rings. The maximum absolute atomic E-state index is 12.9. The first-order valence-corrected chi connectivity index (χ1v) is 12.0. The maximum atomic E-state index is 12.9. The summed E-state index contributed by atoms with van der Waals surface area (Å²) in [5.41, 5.74) is 0.274. The highest BCUT2D eigenvalue weighted by atomic mass is 32.2. The Morgan fingerprint density at radius 2 is 1.47 bits per heavy atom. The second-order valence-electron chi connectivity index (χ2n) is 7.82. The molecular weight excluding hydrogens is 467 g/mol. The average molecular weight is 490 g/mol. The first-order valence-electron chi connectivity index (χ1n) is 10.5. The summed E-state index contributed by atoms with van der Waals surface area (Å²) in [5, 5.41) is 0. The van der Waals surface area contributed by atoms with Gasteiger partial charge in [0.05, 0.1) is 10.5 Å². The van der Waals surface area contributed by atoms with Gasteiger partial charge >= 0.3 is 6.18 Å². The summed E-state index contributed by atoms with van der Waals surface area (Å²) < 4.78 is 66.1. The minimum Gasteiger partial charge on any atom is -0.368 e. The van der Waals surface area contributed by atoms with Crippen LogP contribution in [0.5, 0.6) is 0 Å². The lowest BCUT2D eigenvalue weighted by molar-refractivity contribution is -0.137. The van der Waals surface area contributed by atoms with Gasteiger partial charge in [0.25, 0.3) is 15.9 Å². The molecule has 1 amide bonds. The number of hydrogen-bond acceptors (Lipinski definition) is 4. The number of carbonyl (C=O) groups excluding carboxylic acids is 1. The van der Waals surface area contributed by atoms with E-state index in [0.29, 0.717) is 31.7 Å². The molecule has 1 fully saturated rings. The number of rotatable bonds is 5. The van der Waals surface area contributed by atoms with E-state index in [1.807, 2.05) is 30.3 Å². The zero-order valence-corrected chi connectivity index (χ0v) is 18.8. The van der Waals surface area contributed by atoms with E-state index in [0.717, 1.165) is 23.9 Å². The maximum Gasteiger partial charge on any atom is 0.416 e. The van der Waals surface area contributed by atoms with Crippen molar-refractivity contribution in [3.63, 3.8) is 0 Å². The number of anilines is 2. The van der Waals surface area contributed by atoms with E-state index in [-0.39, 0.29) is 16.5 Å². The van der Waals surface area contributed by atoms with Gasteiger partial charge in [-0.2, -0.15) is 13.2 Å². The van der Waals surface area contributed by atoms with Crippen LogP contribution in [0.3, 0.4) is 0 Å². The predicted octanol–water partition coefficient (Wildman–Crippen LogP) is 4.47. The minimum absolute atomic E-state index is 0.157. The molecule has 0 radical (unpaired) electrons. The third-order valence-electron chi connectivity index (χ3n) is 5.54. The zero-order chi connectivity index (χ0) is 24.3. The summed E-state index contributed by atoms with van der Waals surface area (Å²) in [6.45, 7) is 2.43. The van der Waals surface area contributed by atoms with Crippen molar-refractivity contribution in [1.82, 2.24) is 4.90 Å². The lowest BCUT2D eigenvalue weighted by Gasteiger charge is -2.36. The Morgan fingerprint density at radius 1 is 0.824 bits per heavy atom. The fraction of sp³-hybridized carbons (Fsp3) is 0.208. The molecule has 0 spiro atoms. The summed E-state index contributed by atoms with van der Waals surface area (Å²) in [6.07, 6.45) is -4.59. The van der Waals surface area contributed by atoms with E-state index < -0.39 is 21.8 Å². The first kappa shape index (κ1) is 23.6. The van der Waals surface area contributed by atoms with Crippen LogP contribution in [-0.4, -0.2) is 45.4 Å². The molecule has 10 heteroatoms. The standard InChI is InChI=1S/C24H22F3N3O3S/c25-24(26,27)19-5-4-6-20(17-19)28-34(32,33)22-11-9-18(10-12-22)23(31)30-15-13-29(14-16-30)21-7-2-1-3-8-21/h1-12,17,28H,13-16H2. The van der Waals surface area contributed by atoms with E-state index >= 15 is 0 Å². The number of piperazine rings is 1. The van der Waals surface area contributed by atoms with Crippen molar-refractivity contribution in [1.29, 1.82) is 0 Å². The normalized spacial score (nSPS) is 14.7. The Balaban J connectivity index is 1.41. The molecule has 0 unspecified atom stereocenters. The van der Waals surface area contributed by atoms with Crippen molar-refractivity contribution >= 4 is 27.3 Å². The fourth-order valence-corrected chi connectivity index (χ4v) is 4.79. The Hall–Kier alpha value is -3.53. The second-order valence-corrected chi connectivity index (χ2v) is 9.51. The van der Waals surface area contributed by atoms with Crippen LogP contribution < -0.4 is 9.62 Å². The summed E-state index contributed by atoms with van der Waals surface area (Å²) >= 11 is 0. The van der Waals surface area contributed by atoms with Crippen LogP contribution in [-0.2, 0) is 16.2 Å². The average Bonchev–Trinajstić information content (AvgIpc) is 2.84. The number of nitrogens with zero attached hydrogens (tertiary/aromatic N) is 2. The Labute approximate surface area is 195 Å². The third kappa shape index (κ3) is 5.33. The highest BCUT2D eigenvalue weighted by Gasteiger charge is 2.31. The van der Waals surface area contributed by atoms with Gasteiger partial charge in [-0.15, -0.1) is 0 Å². The Bertz CT molecular complexity index is 1260. The van der Waals surface area contributed by atoms with Gasteiger partial charge in [0.2, 0.25) is 0 Å². The van der Waals surface area contributed by atoms with Gasteiger partial charge in [0, 0.05) is 43.1 Å². The van der Waals surface area contributed by atoms with E-state index in [2.05, 4.69) is 9.62 Å². The molecule has 4 rings (SSSR count). The van der Waals surface area contributed by atoms with E-state index in [9.17, 15) is 26.4 Å². The molecule has 0 saturated carbocycles. The molecule has 6 nitrogen and oxygen atoms in total. The summed E-state index contributed by atoms with van der Waals surface area (Å²) in [6, 6.07) is 19.2. The second kappa shape index (κ2) is 9.38. The summed E-state index contributed by atoms with van der Waals surface area (Å²) in [4.78, 5) is 16.6. The number of carbonyl (C=O) groups is 1. The predicted molar refractivity (Wildman–Crippen MR) is 123 cm³/mol. The number of hydrogen-bond donors (Lipinski definition) is 1. The molecule has 0 aliphatic carbocycles. The van der Waals surface area contributed by atoms with Gasteiger partial charge in [0.15, 0.2) is 0 Å². The highest BCUT2D eigenvalue weighted by molar-refractivity contribution is 7.92. The molecule has 34 heavy (non-hydrogen) atoms. The van der Waals surface area contributed by atoms with Crippen molar-refractivity contribution in [2.75, 3.05) is 35.8 Å². The highest BCUT2D eigenvalue weighted by Crippen LogP contribution is 2.31. The molecule has 1 aliphatic heterocycles. The lowest BCUT2D eigenvalue weighted by atomic mass is 10.1. The number of benzene rings is 3. The molecule has 0 aromatic heterocycles. The van der Waals surface area contributed by atoms with Gasteiger partial charge in [-0.25, -0.2) is 8.42 Å². The van der Waals surface area contributed by atoms with Crippen LogP contribution in [0.4, 0.5) is 24.5 Å². The molecule has 0 atom stereocenters. The minimum atomic E-state index is -4.59. The van der Waals surface area contributed by atoms with Crippen LogP contribution in [0.2, 0.25) is 0 Å².